The molecule has 2 saturated heterocycles. The molecule has 2 bridgehead atoms. The van der Waals surface area contributed by atoms with Crippen molar-refractivity contribution in [3.05, 3.63) is 62.2 Å². The molecule has 5 rings (SSSR count). The van der Waals surface area contributed by atoms with E-state index in [2.05, 4.69) is 15.3 Å². The number of esters is 1. The summed E-state index contributed by atoms with van der Waals surface area (Å²) in [6, 6.07) is -1.31. The van der Waals surface area contributed by atoms with E-state index in [0.717, 1.165) is 13.2 Å². The van der Waals surface area contributed by atoms with Crippen LogP contribution in [0.1, 0.15) is 29.5 Å². The molecule has 0 radical (unpaired) electrons. The van der Waals surface area contributed by atoms with Crippen LogP contribution >= 0.6 is 22.9 Å². The zero-order valence-electron chi connectivity index (χ0n) is 20.9. The summed E-state index contributed by atoms with van der Waals surface area (Å²) in [5, 5.41) is 13.7. The Morgan fingerprint density at radius 2 is 2.10 bits per heavy atom. The molecule has 3 unspecified atom stereocenters. The number of benzene rings is 1. The van der Waals surface area contributed by atoms with Crippen LogP contribution in [0.25, 0.3) is 0 Å². The monoisotopic (exact) mass is 602 g/mol. The van der Waals surface area contributed by atoms with Crippen molar-refractivity contribution in [1.29, 1.82) is 0 Å². The van der Waals surface area contributed by atoms with Gasteiger partial charge in [0.1, 0.15) is 6.04 Å². The van der Waals surface area contributed by atoms with E-state index in [9.17, 15) is 23.5 Å². The molecule has 4 atom stereocenters. The van der Waals surface area contributed by atoms with Crippen LogP contribution in [0.2, 0.25) is 5.02 Å². The van der Waals surface area contributed by atoms with Gasteiger partial charge >= 0.3 is 11.9 Å². The van der Waals surface area contributed by atoms with Crippen LogP contribution in [-0.4, -0.2) is 77.6 Å². The van der Waals surface area contributed by atoms with Crippen LogP contribution in [0.5, 0.6) is 0 Å². The Bertz CT molecular complexity index is 1390. The smallest absolute Gasteiger partial charge is 0.338 e. The molecule has 15 heteroatoms. The van der Waals surface area contributed by atoms with E-state index in [0.29, 0.717) is 5.01 Å². The highest BCUT2D eigenvalue weighted by Crippen LogP contribution is 2.45. The number of carbonyl (C=O) groups is 2. The molecule has 2 N–H and O–H groups in total. The van der Waals surface area contributed by atoms with Gasteiger partial charge in [-0.3, -0.25) is 14.7 Å². The second kappa shape index (κ2) is 11.1. The number of alkyl halides is 2. The second-order valence-electron chi connectivity index (χ2n) is 9.58. The Kier molecular flexibility index (Phi) is 7.88. The number of carbonyl (C=O) groups excluding carboxylic acids is 1. The third kappa shape index (κ3) is 5.08. The first kappa shape index (κ1) is 28.5. The number of morpholine rings is 1. The average Bonchev–Trinajstić information content (AvgIpc) is 3.45. The molecule has 4 heterocycles. The normalized spacial score (nSPS) is 26.2. The number of carboxylic acid groups (broad SMARTS) is 1. The summed E-state index contributed by atoms with van der Waals surface area (Å²) in [5.41, 5.74) is -0.0454. The number of thiazole rings is 1. The number of fused-ring (bicyclic) bond motifs is 2. The van der Waals surface area contributed by atoms with Crippen LogP contribution in [0.15, 0.2) is 40.0 Å². The Hall–Kier alpha value is -3.07. The van der Waals surface area contributed by atoms with E-state index in [1.54, 1.807) is 5.38 Å². The second-order valence-corrected chi connectivity index (χ2v) is 10.8. The number of hydrogen-bond donors (Lipinski definition) is 2. The summed E-state index contributed by atoms with van der Waals surface area (Å²) in [4.78, 5) is 34.7. The molecule has 40 heavy (non-hydrogen) atoms. The number of carboxylic acids is 1. The lowest BCUT2D eigenvalue weighted by atomic mass is 9.79. The maximum Gasteiger partial charge on any atom is 0.338 e. The van der Waals surface area contributed by atoms with Crippen molar-refractivity contribution >= 4 is 40.7 Å². The summed E-state index contributed by atoms with van der Waals surface area (Å²) < 4.78 is 70.0. The van der Waals surface area contributed by atoms with E-state index >= 15 is 8.78 Å². The maximum absolute atomic E-state index is 15.6. The third-order valence-corrected chi connectivity index (χ3v) is 8.45. The van der Waals surface area contributed by atoms with Gasteiger partial charge in [-0.1, -0.05) is 17.7 Å². The molecule has 214 valence electrons. The molecule has 2 fully saturated rings. The van der Waals surface area contributed by atoms with Gasteiger partial charge in [0.25, 0.3) is 5.92 Å². The molecule has 3 aliphatic heterocycles. The van der Waals surface area contributed by atoms with Gasteiger partial charge in [-0.25, -0.2) is 27.3 Å². The minimum Gasteiger partial charge on any atom is -0.481 e. The standard InChI is InChI=1S/C25H23ClF4N4O5S/c1-38-24(37)18-15(8-34-12-6-11(7-17(35)36)25(29,30)16(34)10-39-9-12)32-22(23-31-4-5-40-23)33-21(18)13-2-3-14(27)20(28)19(13)26/h2-5,11-12,16,21H,6-10H2,1H3,(H,32,33)(H,35,36)/t11?,12?,16?,21-/m0/s1. The molecule has 0 saturated carbocycles. The predicted molar refractivity (Wildman–Crippen MR) is 135 cm³/mol. The molecule has 0 aliphatic carbocycles. The minimum absolute atomic E-state index is 0.0388. The van der Waals surface area contributed by atoms with Crippen molar-refractivity contribution < 1.29 is 41.7 Å². The summed E-state index contributed by atoms with van der Waals surface area (Å²) in [7, 11) is 1.12. The van der Waals surface area contributed by atoms with Gasteiger partial charge in [0.05, 0.1) is 43.4 Å². The Labute approximate surface area is 234 Å². The summed E-state index contributed by atoms with van der Waals surface area (Å²) in [6.45, 7) is -0.512. The van der Waals surface area contributed by atoms with Crippen molar-refractivity contribution in [3.63, 3.8) is 0 Å². The summed E-state index contributed by atoms with van der Waals surface area (Å²) >= 11 is 7.37. The minimum atomic E-state index is -3.41. The van der Waals surface area contributed by atoms with Crippen LogP contribution in [0, 0.1) is 17.6 Å². The quantitative estimate of drug-likeness (QED) is 0.280. The van der Waals surface area contributed by atoms with E-state index in [4.69, 9.17) is 21.1 Å². The average molecular weight is 603 g/mol. The SMILES string of the molecule is COC(=O)C1=C(CN2C3COCC2C(F)(F)C(CC(=O)O)C3)NC(c2nccs2)=N[C@H]1c1ccc(F)c(F)c1Cl. The molecule has 0 amide bonds. The largest absolute Gasteiger partial charge is 0.481 e. The molecular weight excluding hydrogens is 580 g/mol. The molecular formula is C25H23ClF4N4O5S. The van der Waals surface area contributed by atoms with Crippen molar-refractivity contribution in [1.82, 2.24) is 15.2 Å². The Balaban J connectivity index is 1.61. The number of halogens is 5. The van der Waals surface area contributed by atoms with Gasteiger partial charge in [0.2, 0.25) is 0 Å². The Morgan fingerprint density at radius 1 is 1.32 bits per heavy atom. The Morgan fingerprint density at radius 3 is 2.77 bits per heavy atom. The molecule has 9 nitrogen and oxygen atoms in total. The molecule has 2 aromatic rings. The zero-order chi connectivity index (χ0) is 28.8. The van der Waals surface area contributed by atoms with Gasteiger partial charge in [-0.05, 0) is 12.5 Å². The highest BCUT2D eigenvalue weighted by atomic mass is 35.5. The number of nitrogens with zero attached hydrogens (tertiary/aromatic N) is 3. The predicted octanol–water partition coefficient (Wildman–Crippen LogP) is 3.79. The van der Waals surface area contributed by atoms with Gasteiger partial charge < -0.3 is 19.9 Å². The van der Waals surface area contributed by atoms with Crippen LogP contribution < -0.4 is 5.32 Å². The number of ether oxygens (including phenoxy) is 2. The zero-order valence-corrected chi connectivity index (χ0v) is 22.4. The number of rotatable bonds is 7. The molecule has 1 aromatic heterocycles. The number of aromatic nitrogens is 1. The lowest BCUT2D eigenvalue weighted by Crippen LogP contribution is -2.67. The van der Waals surface area contributed by atoms with Crippen molar-refractivity contribution in [2.45, 2.75) is 36.9 Å². The maximum atomic E-state index is 15.6. The fourth-order valence-electron chi connectivity index (χ4n) is 5.40. The summed E-state index contributed by atoms with van der Waals surface area (Å²) in [5.74, 6) is -9.38. The fraction of sp³-hybridized carbons (Fsp3) is 0.440. The van der Waals surface area contributed by atoms with Gasteiger partial charge in [0.15, 0.2) is 22.5 Å². The van der Waals surface area contributed by atoms with Crippen molar-refractivity contribution in [3.8, 4) is 0 Å². The van der Waals surface area contributed by atoms with Crippen LogP contribution in [0.4, 0.5) is 17.6 Å². The van der Waals surface area contributed by atoms with Crippen molar-refractivity contribution in [2.75, 3.05) is 26.9 Å². The van der Waals surface area contributed by atoms with Gasteiger partial charge in [-0.2, -0.15) is 0 Å². The van der Waals surface area contributed by atoms with E-state index in [1.807, 2.05) is 0 Å². The van der Waals surface area contributed by atoms with E-state index in [-0.39, 0.29) is 48.8 Å². The lowest BCUT2D eigenvalue weighted by Gasteiger charge is -2.52. The number of aliphatic imine (C=N–C) groups is 1. The number of nitrogens with one attached hydrogen (secondary N) is 1. The lowest BCUT2D eigenvalue weighted by molar-refractivity contribution is -0.219. The third-order valence-electron chi connectivity index (χ3n) is 7.29. The van der Waals surface area contributed by atoms with Gasteiger partial charge in [-0.15, -0.1) is 11.3 Å². The van der Waals surface area contributed by atoms with Crippen LogP contribution in [-0.2, 0) is 19.1 Å². The number of aliphatic carboxylic acids is 1. The number of hydrogen-bond acceptors (Lipinski definition) is 9. The highest BCUT2D eigenvalue weighted by molar-refractivity contribution is 7.11. The first-order valence-corrected chi connectivity index (χ1v) is 13.4. The molecule has 0 spiro atoms. The molecule has 3 aliphatic rings. The van der Waals surface area contributed by atoms with E-state index in [1.165, 1.54) is 28.5 Å². The highest BCUT2D eigenvalue weighted by Gasteiger charge is 2.58. The summed E-state index contributed by atoms with van der Waals surface area (Å²) in [6.07, 6.45) is 0.667. The topological polar surface area (TPSA) is 113 Å². The first-order chi connectivity index (χ1) is 19.0. The number of amidine groups is 1. The number of methoxy groups -OCH3 is 1. The van der Waals surface area contributed by atoms with Crippen molar-refractivity contribution in [2.24, 2.45) is 10.9 Å². The van der Waals surface area contributed by atoms with Gasteiger partial charge in [0, 0.05) is 41.3 Å². The van der Waals surface area contributed by atoms with Crippen LogP contribution in [0.3, 0.4) is 0 Å². The molecule has 1 aromatic carbocycles. The first-order valence-electron chi connectivity index (χ1n) is 12.1. The fourth-order valence-corrected chi connectivity index (χ4v) is 6.25. The number of piperidine rings is 1. The van der Waals surface area contributed by atoms with E-state index < -0.39 is 65.0 Å².